The van der Waals surface area contributed by atoms with E-state index < -0.39 is 16.8 Å². The first-order chi connectivity index (χ1) is 12.4. The largest absolute Gasteiger partial charge is 0.494 e. The topological polar surface area (TPSA) is 92.7 Å². The van der Waals surface area contributed by atoms with Crippen LogP contribution in [0.4, 0.5) is 5.69 Å². The monoisotopic (exact) mass is 395 g/mol. The SMILES string of the molecule is O=C(CS(=O)CCCOc1ccc(C(=O)O)cc1)Nc1ccc(Cl)cc1. The zero-order valence-electron chi connectivity index (χ0n) is 13.8. The van der Waals surface area contributed by atoms with Gasteiger partial charge in [0, 0.05) is 27.3 Å². The van der Waals surface area contributed by atoms with E-state index in [0.717, 1.165) is 0 Å². The minimum Gasteiger partial charge on any atom is -0.494 e. The number of hydrogen-bond acceptors (Lipinski definition) is 4. The molecule has 0 aliphatic carbocycles. The van der Waals surface area contributed by atoms with Crippen LogP contribution in [0.25, 0.3) is 0 Å². The number of amides is 1. The third-order valence-corrected chi connectivity index (χ3v) is 4.89. The van der Waals surface area contributed by atoms with E-state index in [4.69, 9.17) is 21.4 Å². The van der Waals surface area contributed by atoms with Crippen molar-refractivity contribution in [3.63, 3.8) is 0 Å². The molecule has 0 heterocycles. The van der Waals surface area contributed by atoms with E-state index in [2.05, 4.69) is 5.32 Å². The highest BCUT2D eigenvalue weighted by molar-refractivity contribution is 7.85. The van der Waals surface area contributed by atoms with Gasteiger partial charge in [-0.05, 0) is 55.0 Å². The summed E-state index contributed by atoms with van der Waals surface area (Å²) in [6, 6.07) is 12.7. The van der Waals surface area contributed by atoms with Crippen LogP contribution in [0.1, 0.15) is 16.8 Å². The Bertz CT molecular complexity index is 777. The second kappa shape index (κ2) is 9.94. The van der Waals surface area contributed by atoms with E-state index in [0.29, 0.717) is 35.2 Å². The second-order valence-electron chi connectivity index (χ2n) is 5.37. The molecule has 0 aliphatic heterocycles. The fourth-order valence-electron chi connectivity index (χ4n) is 2.05. The summed E-state index contributed by atoms with van der Waals surface area (Å²) < 4.78 is 17.4. The smallest absolute Gasteiger partial charge is 0.335 e. The van der Waals surface area contributed by atoms with Crippen LogP contribution in [0.5, 0.6) is 5.75 Å². The van der Waals surface area contributed by atoms with Gasteiger partial charge in [0.05, 0.1) is 12.2 Å². The van der Waals surface area contributed by atoms with Gasteiger partial charge < -0.3 is 15.2 Å². The molecular weight excluding hydrogens is 378 g/mol. The molecule has 138 valence electrons. The van der Waals surface area contributed by atoms with Crippen LogP contribution in [-0.2, 0) is 15.6 Å². The number of anilines is 1. The van der Waals surface area contributed by atoms with Crippen molar-refractivity contribution in [3.8, 4) is 5.75 Å². The van der Waals surface area contributed by atoms with Crippen LogP contribution in [0, 0.1) is 0 Å². The Kier molecular flexibility index (Phi) is 7.62. The van der Waals surface area contributed by atoms with E-state index in [1.807, 2.05) is 0 Å². The molecule has 2 rings (SSSR count). The lowest BCUT2D eigenvalue weighted by atomic mass is 10.2. The Hall–Kier alpha value is -2.38. The molecule has 2 N–H and O–H groups in total. The molecule has 26 heavy (non-hydrogen) atoms. The highest BCUT2D eigenvalue weighted by Crippen LogP contribution is 2.14. The van der Waals surface area contributed by atoms with E-state index in [9.17, 15) is 13.8 Å². The maximum absolute atomic E-state index is 11.9. The number of hydrogen-bond donors (Lipinski definition) is 2. The van der Waals surface area contributed by atoms with E-state index >= 15 is 0 Å². The summed E-state index contributed by atoms with van der Waals surface area (Å²) in [5.41, 5.74) is 0.787. The summed E-state index contributed by atoms with van der Waals surface area (Å²) in [5.74, 6) is -0.530. The van der Waals surface area contributed by atoms with Crippen LogP contribution in [0.3, 0.4) is 0 Å². The van der Waals surface area contributed by atoms with Crippen LogP contribution in [-0.4, -0.2) is 39.3 Å². The lowest BCUT2D eigenvalue weighted by Gasteiger charge is -2.07. The maximum Gasteiger partial charge on any atom is 0.335 e. The normalized spacial score (nSPS) is 11.6. The molecule has 0 bridgehead atoms. The number of benzene rings is 2. The van der Waals surface area contributed by atoms with Gasteiger partial charge >= 0.3 is 5.97 Å². The molecule has 0 fully saturated rings. The Morgan fingerprint density at radius 3 is 2.35 bits per heavy atom. The van der Waals surface area contributed by atoms with Crippen LogP contribution in [0.2, 0.25) is 5.02 Å². The van der Waals surface area contributed by atoms with Gasteiger partial charge in [-0.15, -0.1) is 0 Å². The maximum atomic E-state index is 11.9. The molecule has 0 aromatic heterocycles. The Labute approximate surface area is 158 Å². The van der Waals surface area contributed by atoms with Crippen molar-refractivity contribution < 1.29 is 23.6 Å². The third kappa shape index (κ3) is 6.85. The number of nitrogens with one attached hydrogen (secondary N) is 1. The molecule has 6 nitrogen and oxygen atoms in total. The minimum atomic E-state index is -1.29. The number of rotatable bonds is 9. The van der Waals surface area contributed by atoms with Crippen LogP contribution in [0.15, 0.2) is 48.5 Å². The minimum absolute atomic E-state index is 0.0874. The number of halogens is 1. The number of carboxylic acids is 1. The van der Waals surface area contributed by atoms with Crippen LogP contribution < -0.4 is 10.1 Å². The Morgan fingerprint density at radius 2 is 1.73 bits per heavy atom. The first kappa shape index (κ1) is 19.9. The van der Waals surface area contributed by atoms with E-state index in [-0.39, 0.29) is 17.2 Å². The van der Waals surface area contributed by atoms with Gasteiger partial charge in [-0.25, -0.2) is 4.79 Å². The zero-order valence-corrected chi connectivity index (χ0v) is 15.4. The van der Waals surface area contributed by atoms with Crippen molar-refractivity contribution in [1.29, 1.82) is 0 Å². The van der Waals surface area contributed by atoms with E-state index in [1.165, 1.54) is 12.1 Å². The first-order valence-corrected chi connectivity index (χ1v) is 9.67. The molecule has 1 unspecified atom stereocenters. The van der Waals surface area contributed by atoms with Crippen molar-refractivity contribution in [2.45, 2.75) is 6.42 Å². The fourth-order valence-corrected chi connectivity index (χ4v) is 3.13. The third-order valence-electron chi connectivity index (χ3n) is 3.31. The number of carbonyl (C=O) groups is 2. The van der Waals surface area contributed by atoms with Gasteiger partial charge in [-0.3, -0.25) is 9.00 Å². The van der Waals surface area contributed by atoms with Crippen molar-refractivity contribution in [2.24, 2.45) is 0 Å². The number of ether oxygens (including phenoxy) is 1. The van der Waals surface area contributed by atoms with Crippen molar-refractivity contribution >= 4 is 40.0 Å². The number of carboxylic acid groups (broad SMARTS) is 1. The summed E-state index contributed by atoms with van der Waals surface area (Å²) in [6.07, 6.45) is 0.515. The molecule has 1 atom stereocenters. The van der Waals surface area contributed by atoms with Crippen molar-refractivity contribution in [2.75, 3.05) is 23.4 Å². The van der Waals surface area contributed by atoms with Gasteiger partial charge in [0.15, 0.2) is 0 Å². The Balaban J connectivity index is 1.65. The Morgan fingerprint density at radius 1 is 1.08 bits per heavy atom. The van der Waals surface area contributed by atoms with Gasteiger partial charge in [0.25, 0.3) is 0 Å². The summed E-state index contributed by atoms with van der Waals surface area (Å²) in [7, 11) is -1.29. The van der Waals surface area contributed by atoms with Gasteiger partial charge in [-0.2, -0.15) is 0 Å². The molecule has 2 aromatic rings. The zero-order chi connectivity index (χ0) is 18.9. The molecule has 0 saturated carbocycles. The van der Waals surface area contributed by atoms with Gasteiger partial charge in [0.1, 0.15) is 11.5 Å². The summed E-state index contributed by atoms with van der Waals surface area (Å²) >= 11 is 5.77. The number of aromatic carboxylic acids is 1. The average molecular weight is 396 g/mol. The summed E-state index contributed by atoms with van der Waals surface area (Å²) in [6.45, 7) is 0.330. The predicted molar refractivity (Wildman–Crippen MR) is 101 cm³/mol. The second-order valence-corrected chi connectivity index (χ2v) is 7.39. The molecule has 2 aromatic carbocycles. The standard InChI is InChI=1S/C18H18ClNO5S/c19-14-4-6-15(7-5-14)20-17(21)12-26(24)11-1-10-25-16-8-2-13(3-9-16)18(22)23/h2-9H,1,10-12H2,(H,20,21)(H,22,23). The molecule has 1 amide bonds. The lowest BCUT2D eigenvalue weighted by molar-refractivity contribution is -0.113. The van der Waals surface area contributed by atoms with Gasteiger partial charge in [0.2, 0.25) is 5.91 Å². The summed E-state index contributed by atoms with van der Waals surface area (Å²) in [5, 5.41) is 12.0. The molecule has 0 radical (unpaired) electrons. The number of carbonyl (C=O) groups excluding carboxylic acids is 1. The van der Waals surface area contributed by atoms with Crippen molar-refractivity contribution in [3.05, 3.63) is 59.1 Å². The van der Waals surface area contributed by atoms with E-state index in [1.54, 1.807) is 36.4 Å². The van der Waals surface area contributed by atoms with Crippen LogP contribution >= 0.6 is 11.6 Å². The van der Waals surface area contributed by atoms with Gasteiger partial charge in [-0.1, -0.05) is 11.6 Å². The lowest BCUT2D eigenvalue weighted by Crippen LogP contribution is -2.21. The first-order valence-electron chi connectivity index (χ1n) is 7.80. The molecule has 0 aliphatic rings. The fraction of sp³-hybridized carbons (Fsp3) is 0.222. The highest BCUT2D eigenvalue weighted by atomic mass is 35.5. The summed E-state index contributed by atoms with van der Waals surface area (Å²) in [4.78, 5) is 22.6. The van der Waals surface area contributed by atoms with Crippen molar-refractivity contribution in [1.82, 2.24) is 0 Å². The quantitative estimate of drug-likeness (QED) is 0.636. The average Bonchev–Trinajstić information content (AvgIpc) is 2.61. The molecule has 0 spiro atoms. The predicted octanol–water partition coefficient (Wildman–Crippen LogP) is 3.19. The molecule has 0 saturated heterocycles. The molecular formula is C18H18ClNO5S. The highest BCUT2D eigenvalue weighted by Gasteiger charge is 2.09. The molecule has 8 heteroatoms.